The number of esters is 1. The lowest BCUT2D eigenvalue weighted by atomic mass is 10.2. The summed E-state index contributed by atoms with van der Waals surface area (Å²) in [5, 5.41) is 3.11. The average Bonchev–Trinajstić information content (AvgIpc) is 2.28. The van der Waals surface area contributed by atoms with E-state index in [1.165, 1.54) is 6.08 Å². The summed E-state index contributed by atoms with van der Waals surface area (Å²) >= 11 is 5.02. The third-order valence-electron chi connectivity index (χ3n) is 2.18. The number of carbonyl (C=O) groups is 1. The molecule has 98 valence electrons. The number of aryl methyl sites for hydroxylation is 1. The van der Waals surface area contributed by atoms with E-state index in [1.54, 1.807) is 13.0 Å². The van der Waals surface area contributed by atoms with Crippen LogP contribution >= 0.6 is 12.2 Å². The fourth-order valence-corrected chi connectivity index (χ4v) is 1.69. The van der Waals surface area contributed by atoms with Crippen LogP contribution in [0.2, 0.25) is 0 Å². The highest BCUT2D eigenvalue weighted by molar-refractivity contribution is 7.71. The van der Waals surface area contributed by atoms with E-state index in [-0.39, 0.29) is 5.97 Å². The first-order valence-corrected chi connectivity index (χ1v) is 6.18. The van der Waals surface area contributed by atoms with Crippen molar-refractivity contribution in [3.05, 3.63) is 22.1 Å². The van der Waals surface area contributed by atoms with Crippen LogP contribution in [0.5, 0.6) is 0 Å². The number of aromatic amines is 1. The van der Waals surface area contributed by atoms with Crippen molar-refractivity contribution >= 4 is 30.1 Å². The molecule has 0 aromatic carbocycles. The van der Waals surface area contributed by atoms with Crippen molar-refractivity contribution in [2.45, 2.75) is 20.8 Å². The molecule has 0 spiro atoms. The number of rotatable bonds is 5. The lowest BCUT2D eigenvalue weighted by molar-refractivity contribution is -0.137. The van der Waals surface area contributed by atoms with Crippen LogP contribution in [0.3, 0.4) is 0 Å². The van der Waals surface area contributed by atoms with E-state index in [0.29, 0.717) is 17.2 Å². The maximum Gasteiger partial charge on any atom is 0.330 e. The molecule has 0 amide bonds. The lowest BCUT2D eigenvalue weighted by Gasteiger charge is -2.09. The topological polar surface area (TPSA) is 67.0 Å². The van der Waals surface area contributed by atoms with Crippen LogP contribution in [-0.2, 0) is 9.53 Å². The van der Waals surface area contributed by atoms with Crippen molar-refractivity contribution in [3.63, 3.8) is 0 Å². The lowest BCUT2D eigenvalue weighted by Crippen LogP contribution is -2.05. The number of hydrogen-bond donors (Lipinski definition) is 2. The Hall–Kier alpha value is -1.69. The SMILES string of the molecule is CCNc1nc(=S)[nH]c(C)c1/C=C/C(=O)OCC. The molecule has 0 atom stereocenters. The predicted octanol–water partition coefficient (Wildman–Crippen LogP) is 2.46. The number of nitrogens with zero attached hydrogens (tertiary/aromatic N) is 1. The number of H-pyrrole nitrogens is 1. The summed E-state index contributed by atoms with van der Waals surface area (Å²) in [4.78, 5) is 18.4. The van der Waals surface area contributed by atoms with E-state index < -0.39 is 0 Å². The second-order valence-electron chi connectivity index (χ2n) is 3.54. The molecular formula is C12H17N3O2S. The molecule has 5 nitrogen and oxygen atoms in total. The van der Waals surface area contributed by atoms with Gasteiger partial charge in [-0.2, -0.15) is 0 Å². The molecule has 0 radical (unpaired) electrons. The van der Waals surface area contributed by atoms with Crippen molar-refractivity contribution in [2.75, 3.05) is 18.5 Å². The Morgan fingerprint density at radius 1 is 1.56 bits per heavy atom. The molecular weight excluding hydrogens is 250 g/mol. The first kappa shape index (κ1) is 14.4. The van der Waals surface area contributed by atoms with Gasteiger partial charge in [0.1, 0.15) is 5.82 Å². The summed E-state index contributed by atoms with van der Waals surface area (Å²) in [6.07, 6.45) is 3.05. The Morgan fingerprint density at radius 2 is 2.28 bits per heavy atom. The Balaban J connectivity index is 3.06. The van der Waals surface area contributed by atoms with Crippen LogP contribution in [-0.4, -0.2) is 29.1 Å². The molecule has 0 saturated heterocycles. The van der Waals surface area contributed by atoms with Gasteiger partial charge < -0.3 is 15.0 Å². The summed E-state index contributed by atoms with van der Waals surface area (Å²) in [5.74, 6) is 0.293. The number of carbonyl (C=O) groups excluding carboxylic acids is 1. The number of hydrogen-bond acceptors (Lipinski definition) is 5. The first-order chi connectivity index (χ1) is 8.58. The zero-order valence-electron chi connectivity index (χ0n) is 10.7. The standard InChI is InChI=1S/C12H17N3O2S/c1-4-13-11-9(6-7-10(16)17-5-2)8(3)14-12(18)15-11/h6-7H,4-5H2,1-3H3,(H2,13,14,15,18)/b7-6+. The fraction of sp³-hybridized carbons (Fsp3) is 0.417. The summed E-state index contributed by atoms with van der Waals surface area (Å²) in [6, 6.07) is 0. The highest BCUT2D eigenvalue weighted by Gasteiger charge is 2.05. The molecule has 1 aromatic rings. The average molecular weight is 267 g/mol. The Labute approximate surface area is 111 Å². The van der Waals surface area contributed by atoms with Crippen LogP contribution in [0.4, 0.5) is 5.82 Å². The maximum absolute atomic E-state index is 11.3. The second kappa shape index (κ2) is 6.90. The van der Waals surface area contributed by atoms with Gasteiger partial charge in [-0.1, -0.05) is 0 Å². The molecule has 1 rings (SSSR count). The van der Waals surface area contributed by atoms with Gasteiger partial charge in [-0.15, -0.1) is 0 Å². The zero-order chi connectivity index (χ0) is 13.5. The molecule has 6 heteroatoms. The van der Waals surface area contributed by atoms with Crippen molar-refractivity contribution in [1.29, 1.82) is 0 Å². The minimum absolute atomic E-state index is 0.359. The quantitative estimate of drug-likeness (QED) is 0.487. The zero-order valence-corrected chi connectivity index (χ0v) is 11.6. The van der Waals surface area contributed by atoms with Gasteiger partial charge in [-0.3, -0.25) is 0 Å². The number of anilines is 1. The fourth-order valence-electron chi connectivity index (χ4n) is 1.44. The normalized spacial score (nSPS) is 10.6. The highest BCUT2D eigenvalue weighted by atomic mass is 32.1. The Kier molecular flexibility index (Phi) is 5.51. The minimum atomic E-state index is -0.373. The van der Waals surface area contributed by atoms with E-state index >= 15 is 0 Å². The molecule has 2 N–H and O–H groups in total. The summed E-state index contributed by atoms with van der Waals surface area (Å²) in [7, 11) is 0. The number of nitrogens with one attached hydrogen (secondary N) is 2. The van der Waals surface area contributed by atoms with Crippen LogP contribution in [0, 0.1) is 11.7 Å². The largest absolute Gasteiger partial charge is 0.463 e. The molecule has 0 aliphatic carbocycles. The van der Waals surface area contributed by atoms with Gasteiger partial charge in [-0.25, -0.2) is 9.78 Å². The molecule has 0 saturated carbocycles. The van der Waals surface area contributed by atoms with E-state index in [2.05, 4.69) is 15.3 Å². The van der Waals surface area contributed by atoms with Gasteiger partial charge in [0, 0.05) is 23.9 Å². The highest BCUT2D eigenvalue weighted by Crippen LogP contribution is 2.17. The summed E-state index contributed by atoms with van der Waals surface area (Å²) in [6.45, 7) is 6.70. The first-order valence-electron chi connectivity index (χ1n) is 5.78. The molecule has 1 heterocycles. The van der Waals surface area contributed by atoms with E-state index in [9.17, 15) is 4.79 Å². The van der Waals surface area contributed by atoms with Crippen molar-refractivity contribution < 1.29 is 9.53 Å². The van der Waals surface area contributed by atoms with Crippen LogP contribution in [0.15, 0.2) is 6.08 Å². The summed E-state index contributed by atoms with van der Waals surface area (Å²) < 4.78 is 5.24. The second-order valence-corrected chi connectivity index (χ2v) is 3.93. The van der Waals surface area contributed by atoms with Crippen molar-refractivity contribution in [1.82, 2.24) is 9.97 Å². The monoisotopic (exact) mass is 267 g/mol. The molecule has 18 heavy (non-hydrogen) atoms. The molecule has 0 bridgehead atoms. The third kappa shape index (κ3) is 3.96. The van der Waals surface area contributed by atoms with Crippen LogP contribution in [0.1, 0.15) is 25.1 Å². The van der Waals surface area contributed by atoms with Crippen LogP contribution < -0.4 is 5.32 Å². The Morgan fingerprint density at radius 3 is 2.89 bits per heavy atom. The molecule has 0 aliphatic heterocycles. The van der Waals surface area contributed by atoms with E-state index in [1.807, 2.05) is 13.8 Å². The number of ether oxygens (including phenoxy) is 1. The van der Waals surface area contributed by atoms with Gasteiger partial charge in [-0.05, 0) is 39.1 Å². The van der Waals surface area contributed by atoms with Crippen LogP contribution in [0.25, 0.3) is 6.08 Å². The van der Waals surface area contributed by atoms with E-state index in [0.717, 1.165) is 17.8 Å². The third-order valence-corrected chi connectivity index (χ3v) is 2.38. The molecule has 0 aliphatic rings. The molecule has 0 unspecified atom stereocenters. The van der Waals surface area contributed by atoms with Crippen molar-refractivity contribution in [2.24, 2.45) is 0 Å². The van der Waals surface area contributed by atoms with Crippen molar-refractivity contribution in [3.8, 4) is 0 Å². The molecule has 0 fully saturated rings. The number of aromatic nitrogens is 2. The smallest absolute Gasteiger partial charge is 0.330 e. The summed E-state index contributed by atoms with van der Waals surface area (Å²) in [5.41, 5.74) is 1.66. The van der Waals surface area contributed by atoms with Gasteiger partial charge in [0.15, 0.2) is 4.77 Å². The minimum Gasteiger partial charge on any atom is -0.463 e. The van der Waals surface area contributed by atoms with Gasteiger partial charge in [0.25, 0.3) is 0 Å². The van der Waals surface area contributed by atoms with Gasteiger partial charge in [0.2, 0.25) is 0 Å². The maximum atomic E-state index is 11.3. The predicted molar refractivity (Wildman–Crippen MR) is 74.0 cm³/mol. The Bertz CT molecular complexity index is 509. The van der Waals surface area contributed by atoms with E-state index in [4.69, 9.17) is 17.0 Å². The van der Waals surface area contributed by atoms with Gasteiger partial charge >= 0.3 is 5.97 Å². The molecule has 1 aromatic heterocycles. The van der Waals surface area contributed by atoms with Gasteiger partial charge in [0.05, 0.1) is 6.61 Å².